The molecular weight excluding hydrogens is 250 g/mol. The van der Waals surface area contributed by atoms with Crippen LogP contribution in [0.25, 0.3) is 0 Å². The normalized spacial score (nSPS) is 12.6. The van der Waals surface area contributed by atoms with Crippen molar-refractivity contribution in [3.8, 4) is 5.75 Å². The van der Waals surface area contributed by atoms with Crippen LogP contribution in [0.2, 0.25) is 5.02 Å². The molecular formula is C13H16ClN3O. The van der Waals surface area contributed by atoms with Crippen LogP contribution in [0.1, 0.15) is 30.8 Å². The van der Waals surface area contributed by atoms with Gasteiger partial charge in [-0.1, -0.05) is 24.6 Å². The van der Waals surface area contributed by atoms with Crippen LogP contribution >= 0.6 is 11.6 Å². The van der Waals surface area contributed by atoms with Gasteiger partial charge in [0.15, 0.2) is 0 Å². The first-order chi connectivity index (χ1) is 8.70. The molecule has 1 atom stereocenters. The Morgan fingerprint density at radius 1 is 1.50 bits per heavy atom. The van der Waals surface area contributed by atoms with Gasteiger partial charge in [-0.2, -0.15) is 0 Å². The van der Waals surface area contributed by atoms with Crippen LogP contribution in [0.15, 0.2) is 30.6 Å². The first-order valence-corrected chi connectivity index (χ1v) is 6.28. The summed E-state index contributed by atoms with van der Waals surface area (Å²) in [5.41, 5.74) is 1.03. The highest BCUT2D eigenvalue weighted by atomic mass is 35.5. The van der Waals surface area contributed by atoms with Crippen molar-refractivity contribution in [1.82, 2.24) is 15.3 Å². The maximum absolute atomic E-state index is 9.35. The maximum Gasteiger partial charge on any atom is 0.134 e. The van der Waals surface area contributed by atoms with Crippen LogP contribution in [0.4, 0.5) is 0 Å². The van der Waals surface area contributed by atoms with Gasteiger partial charge in [-0.05, 0) is 24.1 Å². The third-order valence-corrected chi connectivity index (χ3v) is 3.13. The Hall–Kier alpha value is -1.52. The van der Waals surface area contributed by atoms with E-state index in [1.807, 2.05) is 12.3 Å². The molecule has 0 amide bonds. The van der Waals surface area contributed by atoms with E-state index >= 15 is 0 Å². The predicted octanol–water partition coefficient (Wildman–Crippen LogP) is 3.01. The molecule has 0 aliphatic carbocycles. The third-order valence-electron chi connectivity index (χ3n) is 2.82. The summed E-state index contributed by atoms with van der Waals surface area (Å²) >= 11 is 5.87. The zero-order valence-corrected chi connectivity index (χ0v) is 10.9. The lowest BCUT2D eigenvalue weighted by Gasteiger charge is -2.14. The van der Waals surface area contributed by atoms with Gasteiger partial charge in [0.1, 0.15) is 11.6 Å². The van der Waals surface area contributed by atoms with Crippen molar-refractivity contribution in [2.24, 2.45) is 0 Å². The van der Waals surface area contributed by atoms with Crippen LogP contribution < -0.4 is 5.32 Å². The maximum atomic E-state index is 9.35. The second-order valence-corrected chi connectivity index (χ2v) is 4.51. The molecule has 0 bridgehead atoms. The molecule has 2 rings (SSSR count). The van der Waals surface area contributed by atoms with Crippen LogP contribution in [0.3, 0.4) is 0 Å². The number of phenolic OH excluding ortho intramolecular Hbond substituents is 1. The van der Waals surface area contributed by atoms with E-state index < -0.39 is 0 Å². The number of imidazole rings is 1. The van der Waals surface area contributed by atoms with Crippen molar-refractivity contribution in [3.05, 3.63) is 47.0 Å². The molecule has 0 fully saturated rings. The first-order valence-electron chi connectivity index (χ1n) is 5.90. The largest absolute Gasteiger partial charge is 0.506 e. The average molecular weight is 266 g/mol. The lowest BCUT2D eigenvalue weighted by atomic mass is 10.1. The highest BCUT2D eigenvalue weighted by Crippen LogP contribution is 2.24. The zero-order chi connectivity index (χ0) is 13.0. The lowest BCUT2D eigenvalue weighted by molar-refractivity contribution is 0.474. The van der Waals surface area contributed by atoms with E-state index in [0.29, 0.717) is 11.6 Å². The van der Waals surface area contributed by atoms with Crippen molar-refractivity contribution in [2.45, 2.75) is 25.9 Å². The molecule has 0 aliphatic rings. The van der Waals surface area contributed by atoms with Gasteiger partial charge < -0.3 is 15.4 Å². The van der Waals surface area contributed by atoms with Gasteiger partial charge in [0.2, 0.25) is 0 Å². The van der Waals surface area contributed by atoms with E-state index in [-0.39, 0.29) is 11.8 Å². The molecule has 1 heterocycles. The molecule has 1 aromatic carbocycles. The standard InChI is InChI=1S/C13H16ClN3O/c1-2-11(13-15-5-6-16-13)17-8-9-3-4-12(18)10(14)7-9/h3-7,11,17-18H,2,8H2,1H3,(H,15,16). The van der Waals surface area contributed by atoms with Crippen LogP contribution in [0, 0.1) is 0 Å². The number of halogens is 1. The molecule has 18 heavy (non-hydrogen) atoms. The molecule has 1 aromatic heterocycles. The summed E-state index contributed by atoms with van der Waals surface area (Å²) in [5, 5.41) is 13.1. The molecule has 4 nitrogen and oxygen atoms in total. The van der Waals surface area contributed by atoms with Gasteiger partial charge in [-0.3, -0.25) is 0 Å². The summed E-state index contributed by atoms with van der Waals surface area (Å²) < 4.78 is 0. The van der Waals surface area contributed by atoms with Gasteiger partial charge in [-0.25, -0.2) is 4.98 Å². The van der Waals surface area contributed by atoms with Gasteiger partial charge in [0.05, 0.1) is 11.1 Å². The molecule has 0 aliphatic heterocycles. The smallest absolute Gasteiger partial charge is 0.134 e. The summed E-state index contributed by atoms with van der Waals surface area (Å²) in [6, 6.07) is 5.40. The van der Waals surface area contributed by atoms with E-state index in [2.05, 4.69) is 22.2 Å². The lowest BCUT2D eigenvalue weighted by Crippen LogP contribution is -2.21. The minimum absolute atomic E-state index is 0.110. The minimum Gasteiger partial charge on any atom is -0.506 e. The monoisotopic (exact) mass is 265 g/mol. The predicted molar refractivity (Wildman–Crippen MR) is 71.6 cm³/mol. The van der Waals surface area contributed by atoms with E-state index in [9.17, 15) is 5.11 Å². The van der Waals surface area contributed by atoms with Crippen molar-refractivity contribution in [2.75, 3.05) is 0 Å². The number of hydrogen-bond donors (Lipinski definition) is 3. The summed E-state index contributed by atoms with van der Waals surface area (Å²) in [4.78, 5) is 7.35. The number of benzene rings is 1. The number of aromatic nitrogens is 2. The number of aromatic hydroxyl groups is 1. The molecule has 0 saturated heterocycles. The fourth-order valence-electron chi connectivity index (χ4n) is 1.80. The van der Waals surface area contributed by atoms with E-state index in [4.69, 9.17) is 11.6 Å². The molecule has 5 heteroatoms. The van der Waals surface area contributed by atoms with Gasteiger partial charge >= 0.3 is 0 Å². The number of aromatic amines is 1. The minimum atomic E-state index is 0.110. The van der Waals surface area contributed by atoms with Crippen LogP contribution in [-0.2, 0) is 6.54 Å². The number of hydrogen-bond acceptors (Lipinski definition) is 3. The SMILES string of the molecule is CCC(NCc1ccc(O)c(Cl)c1)c1ncc[nH]1. The molecule has 96 valence electrons. The summed E-state index contributed by atoms with van der Waals surface area (Å²) in [6.07, 6.45) is 4.51. The Morgan fingerprint density at radius 2 is 2.33 bits per heavy atom. The van der Waals surface area contributed by atoms with Crippen molar-refractivity contribution >= 4 is 11.6 Å². The second-order valence-electron chi connectivity index (χ2n) is 4.10. The highest BCUT2D eigenvalue weighted by molar-refractivity contribution is 6.32. The van der Waals surface area contributed by atoms with E-state index in [1.165, 1.54) is 0 Å². The summed E-state index contributed by atoms with van der Waals surface area (Å²) in [7, 11) is 0. The van der Waals surface area contributed by atoms with Crippen LogP contribution in [0.5, 0.6) is 5.75 Å². The van der Waals surface area contributed by atoms with E-state index in [1.54, 1.807) is 18.3 Å². The Morgan fingerprint density at radius 3 is 2.94 bits per heavy atom. The molecule has 0 saturated carbocycles. The molecule has 1 unspecified atom stereocenters. The zero-order valence-electron chi connectivity index (χ0n) is 10.2. The Kier molecular flexibility index (Phi) is 4.23. The molecule has 3 N–H and O–H groups in total. The van der Waals surface area contributed by atoms with Crippen molar-refractivity contribution < 1.29 is 5.11 Å². The Bertz CT molecular complexity index is 499. The Labute approximate surface area is 111 Å². The van der Waals surface area contributed by atoms with Gasteiger partial charge in [0.25, 0.3) is 0 Å². The molecule has 2 aromatic rings. The summed E-state index contributed by atoms with van der Waals surface area (Å²) in [5.74, 6) is 1.04. The highest BCUT2D eigenvalue weighted by Gasteiger charge is 2.10. The molecule has 0 spiro atoms. The number of phenols is 1. The Balaban J connectivity index is 1.99. The third kappa shape index (κ3) is 3.03. The van der Waals surface area contributed by atoms with Gasteiger partial charge in [-0.15, -0.1) is 0 Å². The van der Waals surface area contributed by atoms with Gasteiger partial charge in [0, 0.05) is 18.9 Å². The fraction of sp³-hybridized carbons (Fsp3) is 0.308. The topological polar surface area (TPSA) is 60.9 Å². The number of H-pyrrole nitrogens is 1. The van der Waals surface area contributed by atoms with E-state index in [0.717, 1.165) is 17.8 Å². The average Bonchev–Trinajstić information content (AvgIpc) is 2.88. The number of rotatable bonds is 5. The summed E-state index contributed by atoms with van der Waals surface area (Å²) in [6.45, 7) is 2.78. The molecule has 0 radical (unpaired) electrons. The van der Waals surface area contributed by atoms with Crippen LogP contribution in [-0.4, -0.2) is 15.1 Å². The second kappa shape index (κ2) is 5.89. The number of nitrogens with one attached hydrogen (secondary N) is 2. The first kappa shape index (κ1) is 12.9. The fourth-order valence-corrected chi connectivity index (χ4v) is 2.01. The number of nitrogens with zero attached hydrogens (tertiary/aromatic N) is 1. The van der Waals surface area contributed by atoms with Crippen molar-refractivity contribution in [1.29, 1.82) is 0 Å². The van der Waals surface area contributed by atoms with Crippen molar-refractivity contribution in [3.63, 3.8) is 0 Å². The quantitative estimate of drug-likeness (QED) is 0.779.